The zero-order chi connectivity index (χ0) is 28.2. The number of para-hydroxylation sites is 2. The maximum absolute atomic E-state index is 11.9. The van der Waals surface area contributed by atoms with Crippen LogP contribution in [0.4, 0.5) is 22.7 Å². The third kappa shape index (κ3) is 7.45. The van der Waals surface area contributed by atoms with Gasteiger partial charge in [0.2, 0.25) is 0 Å². The van der Waals surface area contributed by atoms with Gasteiger partial charge in [0.25, 0.3) is 6.02 Å². The van der Waals surface area contributed by atoms with Gasteiger partial charge in [-0.05, 0) is 86.2 Å². The zero-order valence-electron chi connectivity index (χ0n) is 22.5. The lowest BCUT2D eigenvalue weighted by molar-refractivity contribution is -0.106. The number of hydrogen-bond donors (Lipinski definition) is 1. The van der Waals surface area contributed by atoms with E-state index in [2.05, 4.69) is 39.5 Å². The van der Waals surface area contributed by atoms with E-state index in [0.717, 1.165) is 22.6 Å². The Morgan fingerprint density at radius 3 is 1.90 bits per heavy atom. The number of carbonyl (C=O) groups is 2. The highest BCUT2D eigenvalue weighted by Gasteiger charge is 2.12. The standard InChI is InChI=1S/C33H31N3O4/c1-3-34-33(35-27-19-17-26(18-20-27)32(38)39-4-2)40-31(24-37)23-25-15-21-30(22-16-25)36(28-11-7-5-8-12-28)29-13-9-6-10-14-29/h5-24H,3-4H2,1-2H3,(H,34,35)/b31-23+. The summed E-state index contributed by atoms with van der Waals surface area (Å²) in [6.45, 7) is 4.37. The van der Waals surface area contributed by atoms with Crippen LogP contribution in [0.15, 0.2) is 120 Å². The molecule has 4 aromatic carbocycles. The maximum Gasteiger partial charge on any atom is 0.338 e. The lowest BCUT2D eigenvalue weighted by Gasteiger charge is -2.25. The molecule has 40 heavy (non-hydrogen) atoms. The fraction of sp³-hybridized carbons (Fsp3) is 0.121. The second kappa shape index (κ2) is 14.1. The number of allylic oxidation sites excluding steroid dienone is 1. The molecule has 4 aromatic rings. The molecule has 0 atom stereocenters. The van der Waals surface area contributed by atoms with Crippen LogP contribution in [0, 0.1) is 0 Å². The normalized spacial score (nSPS) is 11.4. The minimum Gasteiger partial charge on any atom is -0.462 e. The first-order valence-corrected chi connectivity index (χ1v) is 13.0. The van der Waals surface area contributed by atoms with E-state index in [1.54, 1.807) is 37.3 Å². The SMILES string of the molecule is CCN=C(Nc1ccc(C(=O)OCC)cc1)O/C(C=O)=C/c1ccc(N(c2ccccc2)c2ccccc2)cc1. The number of anilines is 4. The van der Waals surface area contributed by atoms with Crippen molar-refractivity contribution in [2.75, 3.05) is 23.4 Å². The Hall–Kier alpha value is -5.17. The van der Waals surface area contributed by atoms with Crippen LogP contribution in [0.5, 0.6) is 0 Å². The van der Waals surface area contributed by atoms with Gasteiger partial charge in [0, 0.05) is 29.3 Å². The second-order valence-electron chi connectivity index (χ2n) is 8.57. The van der Waals surface area contributed by atoms with Crippen LogP contribution in [0.25, 0.3) is 6.08 Å². The smallest absolute Gasteiger partial charge is 0.338 e. The number of rotatable bonds is 10. The lowest BCUT2D eigenvalue weighted by atomic mass is 10.1. The fourth-order valence-electron chi connectivity index (χ4n) is 3.95. The molecule has 4 rings (SSSR count). The van der Waals surface area contributed by atoms with E-state index < -0.39 is 0 Å². The zero-order valence-corrected chi connectivity index (χ0v) is 22.5. The predicted molar refractivity (Wildman–Crippen MR) is 160 cm³/mol. The molecule has 0 aliphatic carbocycles. The molecule has 0 unspecified atom stereocenters. The van der Waals surface area contributed by atoms with Crippen LogP contribution in [0.3, 0.4) is 0 Å². The minimum absolute atomic E-state index is 0.0959. The van der Waals surface area contributed by atoms with Crippen LogP contribution in [-0.2, 0) is 14.3 Å². The summed E-state index contributed by atoms with van der Waals surface area (Å²) in [7, 11) is 0. The van der Waals surface area contributed by atoms with E-state index in [1.807, 2.05) is 67.6 Å². The first-order valence-electron chi connectivity index (χ1n) is 13.0. The molecule has 202 valence electrons. The van der Waals surface area contributed by atoms with Crippen LogP contribution >= 0.6 is 0 Å². The van der Waals surface area contributed by atoms with Gasteiger partial charge in [0.05, 0.1) is 12.2 Å². The van der Waals surface area contributed by atoms with Gasteiger partial charge in [-0.15, -0.1) is 0 Å². The van der Waals surface area contributed by atoms with Crippen molar-refractivity contribution in [1.29, 1.82) is 0 Å². The van der Waals surface area contributed by atoms with Gasteiger partial charge >= 0.3 is 5.97 Å². The van der Waals surface area contributed by atoms with E-state index in [0.29, 0.717) is 30.7 Å². The van der Waals surface area contributed by atoms with Crippen LogP contribution in [0.1, 0.15) is 29.8 Å². The first kappa shape index (κ1) is 27.9. The molecule has 7 nitrogen and oxygen atoms in total. The first-order chi connectivity index (χ1) is 19.6. The molecule has 0 heterocycles. The van der Waals surface area contributed by atoms with Gasteiger partial charge in [0.15, 0.2) is 12.0 Å². The Morgan fingerprint density at radius 2 is 1.38 bits per heavy atom. The van der Waals surface area contributed by atoms with E-state index in [9.17, 15) is 9.59 Å². The number of nitrogens with one attached hydrogen (secondary N) is 1. The number of amidine groups is 1. The second-order valence-corrected chi connectivity index (χ2v) is 8.57. The molecule has 0 aliphatic rings. The molecule has 0 saturated heterocycles. The summed E-state index contributed by atoms with van der Waals surface area (Å²) in [5.41, 5.74) is 4.94. The molecule has 0 amide bonds. The Labute approximate surface area is 234 Å². The Kier molecular flexibility index (Phi) is 9.83. The molecule has 0 spiro atoms. The van der Waals surface area contributed by atoms with Gasteiger partial charge in [0.1, 0.15) is 0 Å². The fourth-order valence-corrected chi connectivity index (χ4v) is 3.95. The highest BCUT2D eigenvalue weighted by atomic mass is 16.5. The van der Waals surface area contributed by atoms with Crippen molar-refractivity contribution in [1.82, 2.24) is 0 Å². The van der Waals surface area contributed by atoms with Gasteiger partial charge in [-0.3, -0.25) is 4.79 Å². The average molecular weight is 534 g/mol. The summed E-state index contributed by atoms with van der Waals surface area (Å²) in [6, 6.07) is 35.0. The molecule has 0 aliphatic heterocycles. The predicted octanol–water partition coefficient (Wildman–Crippen LogP) is 7.38. The van der Waals surface area contributed by atoms with Gasteiger partial charge in [-0.1, -0.05) is 48.5 Å². The number of aldehydes is 1. The van der Waals surface area contributed by atoms with E-state index in [-0.39, 0.29) is 17.8 Å². The van der Waals surface area contributed by atoms with Crippen molar-refractivity contribution in [3.05, 3.63) is 126 Å². The van der Waals surface area contributed by atoms with Crippen molar-refractivity contribution in [2.24, 2.45) is 4.99 Å². The van der Waals surface area contributed by atoms with Gasteiger partial charge in [-0.25, -0.2) is 9.79 Å². The molecule has 0 aromatic heterocycles. The summed E-state index contributed by atoms with van der Waals surface area (Å²) >= 11 is 0. The monoisotopic (exact) mass is 533 g/mol. The van der Waals surface area contributed by atoms with Crippen molar-refractivity contribution >= 4 is 47.1 Å². The average Bonchev–Trinajstić information content (AvgIpc) is 2.99. The lowest BCUT2D eigenvalue weighted by Crippen LogP contribution is -2.17. The third-order valence-electron chi connectivity index (χ3n) is 5.77. The summed E-state index contributed by atoms with van der Waals surface area (Å²) in [4.78, 5) is 30.3. The van der Waals surface area contributed by atoms with Crippen molar-refractivity contribution in [2.45, 2.75) is 13.8 Å². The molecule has 0 radical (unpaired) electrons. The number of benzene rings is 4. The Morgan fingerprint density at radius 1 is 0.800 bits per heavy atom. The number of ether oxygens (including phenoxy) is 2. The minimum atomic E-state index is -0.388. The molecule has 0 fully saturated rings. The molecule has 0 saturated carbocycles. The molecular formula is C33H31N3O4. The number of esters is 1. The quantitative estimate of drug-likeness (QED) is 0.0572. The number of aliphatic imine (C=N–C) groups is 1. The number of carbonyl (C=O) groups excluding carboxylic acids is 2. The molecule has 0 bridgehead atoms. The largest absolute Gasteiger partial charge is 0.462 e. The third-order valence-corrected chi connectivity index (χ3v) is 5.77. The van der Waals surface area contributed by atoms with Gasteiger partial charge in [-0.2, -0.15) is 0 Å². The maximum atomic E-state index is 11.9. The van der Waals surface area contributed by atoms with E-state index in [4.69, 9.17) is 9.47 Å². The summed E-state index contributed by atoms with van der Waals surface area (Å²) in [5.74, 6) is -0.292. The highest BCUT2D eigenvalue weighted by Crippen LogP contribution is 2.34. The molecule has 1 N–H and O–H groups in total. The Bertz CT molecular complexity index is 1410. The summed E-state index contributed by atoms with van der Waals surface area (Å²) in [6.07, 6.45) is 2.30. The van der Waals surface area contributed by atoms with E-state index >= 15 is 0 Å². The summed E-state index contributed by atoms with van der Waals surface area (Å²) < 4.78 is 10.8. The van der Waals surface area contributed by atoms with Crippen LogP contribution < -0.4 is 10.2 Å². The van der Waals surface area contributed by atoms with Crippen molar-refractivity contribution in [3.63, 3.8) is 0 Å². The van der Waals surface area contributed by atoms with Crippen molar-refractivity contribution in [3.8, 4) is 0 Å². The van der Waals surface area contributed by atoms with Crippen LogP contribution in [-0.4, -0.2) is 31.4 Å². The van der Waals surface area contributed by atoms with Gasteiger partial charge < -0.3 is 19.7 Å². The van der Waals surface area contributed by atoms with Crippen molar-refractivity contribution < 1.29 is 19.1 Å². The number of hydrogen-bond acceptors (Lipinski definition) is 6. The van der Waals surface area contributed by atoms with E-state index in [1.165, 1.54) is 0 Å². The highest BCUT2D eigenvalue weighted by molar-refractivity contribution is 5.94. The molecular weight excluding hydrogens is 502 g/mol. The van der Waals surface area contributed by atoms with Crippen LogP contribution in [0.2, 0.25) is 0 Å². The topological polar surface area (TPSA) is 80.2 Å². The molecule has 7 heteroatoms. The Balaban J connectivity index is 1.51. The summed E-state index contributed by atoms with van der Waals surface area (Å²) in [5, 5.41) is 3.06. The number of nitrogens with zero attached hydrogens (tertiary/aromatic N) is 2.